The molecule has 1 aromatic carbocycles. The van der Waals surface area contributed by atoms with E-state index in [2.05, 4.69) is 15.6 Å². The van der Waals surface area contributed by atoms with Crippen LogP contribution in [0.5, 0.6) is 0 Å². The number of benzene rings is 1. The summed E-state index contributed by atoms with van der Waals surface area (Å²) in [6.07, 6.45) is 4.68. The number of oxazole rings is 1. The Morgan fingerprint density at radius 2 is 2.14 bits per heavy atom. The van der Waals surface area contributed by atoms with Crippen LogP contribution in [0.15, 0.2) is 22.6 Å². The first kappa shape index (κ1) is 14.8. The Balaban J connectivity index is 1.58. The SMILES string of the molecule is Cc1nc2ccc(NC(=O)NCC3(O)CCCCC3)cc2o1. The largest absolute Gasteiger partial charge is 0.441 e. The Morgan fingerprint density at radius 3 is 2.91 bits per heavy atom. The van der Waals surface area contributed by atoms with Gasteiger partial charge in [0.1, 0.15) is 5.52 Å². The lowest BCUT2D eigenvalue weighted by Gasteiger charge is -2.32. The highest BCUT2D eigenvalue weighted by Crippen LogP contribution is 2.27. The maximum atomic E-state index is 12.0. The molecule has 0 saturated heterocycles. The second-order valence-corrected chi connectivity index (χ2v) is 6.01. The van der Waals surface area contributed by atoms with E-state index in [1.165, 1.54) is 0 Å². The molecule has 2 aromatic rings. The highest BCUT2D eigenvalue weighted by atomic mass is 16.3. The van der Waals surface area contributed by atoms with Crippen molar-refractivity contribution in [2.45, 2.75) is 44.6 Å². The zero-order valence-electron chi connectivity index (χ0n) is 12.7. The first-order chi connectivity index (χ1) is 10.5. The van der Waals surface area contributed by atoms with Crippen LogP contribution in [0, 0.1) is 6.92 Å². The van der Waals surface area contributed by atoms with Gasteiger partial charge in [-0.1, -0.05) is 19.3 Å². The van der Waals surface area contributed by atoms with Gasteiger partial charge in [0.2, 0.25) is 0 Å². The van der Waals surface area contributed by atoms with Crippen LogP contribution in [0.1, 0.15) is 38.0 Å². The fourth-order valence-electron chi connectivity index (χ4n) is 2.92. The van der Waals surface area contributed by atoms with Crippen molar-refractivity contribution in [3.8, 4) is 0 Å². The summed E-state index contributed by atoms with van der Waals surface area (Å²) >= 11 is 0. The molecule has 118 valence electrons. The molecular weight excluding hydrogens is 282 g/mol. The van der Waals surface area contributed by atoms with Gasteiger partial charge in [-0.15, -0.1) is 0 Å². The van der Waals surface area contributed by atoms with E-state index in [1.54, 1.807) is 25.1 Å². The molecule has 6 heteroatoms. The number of aliphatic hydroxyl groups is 1. The molecule has 0 atom stereocenters. The summed E-state index contributed by atoms with van der Waals surface area (Å²) in [7, 11) is 0. The Hall–Kier alpha value is -2.08. The summed E-state index contributed by atoms with van der Waals surface area (Å²) in [6.45, 7) is 2.06. The number of carbonyl (C=O) groups is 1. The van der Waals surface area contributed by atoms with Gasteiger partial charge in [-0.05, 0) is 25.0 Å². The van der Waals surface area contributed by atoms with Crippen LogP contribution in [0.3, 0.4) is 0 Å². The highest BCUT2D eigenvalue weighted by Gasteiger charge is 2.29. The molecule has 3 rings (SSSR count). The number of fused-ring (bicyclic) bond motifs is 1. The highest BCUT2D eigenvalue weighted by molar-refractivity contribution is 5.91. The Labute approximate surface area is 128 Å². The van der Waals surface area contributed by atoms with E-state index >= 15 is 0 Å². The van der Waals surface area contributed by atoms with Crippen molar-refractivity contribution in [3.05, 3.63) is 24.1 Å². The van der Waals surface area contributed by atoms with Gasteiger partial charge in [-0.25, -0.2) is 9.78 Å². The Bertz CT molecular complexity index is 674. The minimum Gasteiger partial charge on any atom is -0.441 e. The molecule has 0 radical (unpaired) electrons. The zero-order chi connectivity index (χ0) is 15.6. The second kappa shape index (κ2) is 5.96. The lowest BCUT2D eigenvalue weighted by atomic mass is 9.85. The molecule has 2 amide bonds. The molecule has 1 heterocycles. The number of aryl methyl sites for hydroxylation is 1. The van der Waals surface area contributed by atoms with Crippen molar-refractivity contribution in [2.24, 2.45) is 0 Å². The molecule has 0 aliphatic heterocycles. The van der Waals surface area contributed by atoms with E-state index in [0.717, 1.165) is 37.6 Å². The quantitative estimate of drug-likeness (QED) is 0.813. The number of carbonyl (C=O) groups excluding carboxylic acids is 1. The maximum absolute atomic E-state index is 12.0. The first-order valence-electron chi connectivity index (χ1n) is 7.69. The van der Waals surface area contributed by atoms with Gasteiger partial charge in [-0.3, -0.25) is 0 Å². The van der Waals surface area contributed by atoms with Crippen LogP contribution in [-0.2, 0) is 0 Å². The number of amides is 2. The van der Waals surface area contributed by atoms with Crippen molar-refractivity contribution < 1.29 is 14.3 Å². The average molecular weight is 303 g/mol. The number of hydrogen-bond acceptors (Lipinski definition) is 4. The Morgan fingerprint density at radius 1 is 1.36 bits per heavy atom. The van der Waals surface area contributed by atoms with E-state index in [1.807, 2.05) is 0 Å². The fraction of sp³-hybridized carbons (Fsp3) is 0.500. The van der Waals surface area contributed by atoms with Crippen LogP contribution >= 0.6 is 0 Å². The molecule has 22 heavy (non-hydrogen) atoms. The second-order valence-electron chi connectivity index (χ2n) is 6.01. The van der Waals surface area contributed by atoms with Gasteiger partial charge < -0.3 is 20.2 Å². The van der Waals surface area contributed by atoms with Gasteiger partial charge in [0, 0.05) is 25.2 Å². The molecular formula is C16H21N3O3. The van der Waals surface area contributed by atoms with Gasteiger partial charge in [-0.2, -0.15) is 0 Å². The summed E-state index contributed by atoms with van der Waals surface area (Å²) in [4.78, 5) is 16.2. The summed E-state index contributed by atoms with van der Waals surface area (Å²) in [5.41, 5.74) is 1.28. The third-order valence-corrected chi connectivity index (χ3v) is 4.12. The molecule has 1 aliphatic rings. The summed E-state index contributed by atoms with van der Waals surface area (Å²) in [6, 6.07) is 4.99. The standard InChI is InChI=1S/C16H21N3O3/c1-11-18-13-6-5-12(9-14(13)22-11)19-15(20)17-10-16(21)7-3-2-4-8-16/h5-6,9,21H,2-4,7-8,10H2,1H3,(H2,17,19,20). The summed E-state index contributed by atoms with van der Waals surface area (Å²) < 4.78 is 5.44. The molecule has 3 N–H and O–H groups in total. The smallest absolute Gasteiger partial charge is 0.319 e. The van der Waals surface area contributed by atoms with Gasteiger partial charge in [0.05, 0.1) is 5.60 Å². The van der Waals surface area contributed by atoms with Crippen LogP contribution < -0.4 is 10.6 Å². The van der Waals surface area contributed by atoms with Crippen molar-refractivity contribution >= 4 is 22.8 Å². The molecule has 1 aromatic heterocycles. The number of urea groups is 1. The van der Waals surface area contributed by atoms with Crippen molar-refractivity contribution in [1.29, 1.82) is 0 Å². The minimum atomic E-state index is -0.762. The molecule has 0 unspecified atom stereocenters. The molecule has 1 fully saturated rings. The predicted molar refractivity (Wildman–Crippen MR) is 83.8 cm³/mol. The van der Waals surface area contributed by atoms with E-state index in [-0.39, 0.29) is 12.6 Å². The number of anilines is 1. The van der Waals surface area contributed by atoms with E-state index in [0.29, 0.717) is 17.2 Å². The van der Waals surface area contributed by atoms with E-state index < -0.39 is 5.60 Å². The van der Waals surface area contributed by atoms with Crippen LogP contribution in [0.4, 0.5) is 10.5 Å². The van der Waals surface area contributed by atoms with Gasteiger partial charge in [0.25, 0.3) is 0 Å². The van der Waals surface area contributed by atoms with Gasteiger partial charge >= 0.3 is 6.03 Å². The topological polar surface area (TPSA) is 87.4 Å². The van der Waals surface area contributed by atoms with Crippen LogP contribution in [0.25, 0.3) is 11.1 Å². The number of aromatic nitrogens is 1. The normalized spacial score (nSPS) is 17.4. The minimum absolute atomic E-state index is 0.280. The summed E-state index contributed by atoms with van der Waals surface area (Å²) in [5, 5.41) is 15.9. The number of rotatable bonds is 3. The predicted octanol–water partition coefficient (Wildman–Crippen LogP) is 2.95. The fourth-order valence-corrected chi connectivity index (χ4v) is 2.92. The van der Waals surface area contributed by atoms with E-state index in [9.17, 15) is 9.90 Å². The van der Waals surface area contributed by atoms with Crippen LogP contribution in [0.2, 0.25) is 0 Å². The van der Waals surface area contributed by atoms with Gasteiger partial charge in [0.15, 0.2) is 11.5 Å². The molecule has 0 bridgehead atoms. The van der Waals surface area contributed by atoms with Crippen molar-refractivity contribution in [1.82, 2.24) is 10.3 Å². The first-order valence-corrected chi connectivity index (χ1v) is 7.69. The molecule has 1 aliphatic carbocycles. The molecule has 1 saturated carbocycles. The van der Waals surface area contributed by atoms with E-state index in [4.69, 9.17) is 4.42 Å². The third kappa shape index (κ3) is 3.39. The lowest BCUT2D eigenvalue weighted by molar-refractivity contribution is 0.00755. The molecule has 0 spiro atoms. The average Bonchev–Trinajstić information content (AvgIpc) is 2.85. The van der Waals surface area contributed by atoms with Crippen molar-refractivity contribution in [2.75, 3.05) is 11.9 Å². The van der Waals surface area contributed by atoms with Crippen molar-refractivity contribution in [3.63, 3.8) is 0 Å². The number of hydrogen-bond donors (Lipinski definition) is 3. The number of nitrogens with one attached hydrogen (secondary N) is 2. The maximum Gasteiger partial charge on any atom is 0.319 e. The lowest BCUT2D eigenvalue weighted by Crippen LogP contribution is -2.45. The number of nitrogens with zero attached hydrogens (tertiary/aromatic N) is 1. The molecule has 6 nitrogen and oxygen atoms in total. The summed E-state index contributed by atoms with van der Waals surface area (Å²) in [5.74, 6) is 0.594. The monoisotopic (exact) mass is 303 g/mol. The Kier molecular flexibility index (Phi) is 4.02. The third-order valence-electron chi connectivity index (χ3n) is 4.12. The zero-order valence-corrected chi connectivity index (χ0v) is 12.7. The van der Waals surface area contributed by atoms with Crippen LogP contribution in [-0.4, -0.2) is 28.3 Å².